The molecule has 1 rings (SSSR count). The molecule has 0 aromatic carbocycles. The van der Waals surface area contributed by atoms with Gasteiger partial charge < -0.3 is 0 Å². The van der Waals surface area contributed by atoms with Gasteiger partial charge in [0.2, 0.25) is 0 Å². The molecule has 0 aromatic rings. The number of hydrogen-bond acceptors (Lipinski definition) is 2. The maximum atomic E-state index is 2.61. The molecule has 0 N–H and O–H groups in total. The predicted molar refractivity (Wildman–Crippen MR) is 69.8 cm³/mol. The third kappa shape index (κ3) is 2.35. The second kappa shape index (κ2) is 3.44. The quantitative estimate of drug-likeness (QED) is 0.623. The molecule has 0 radical (unpaired) electrons. The van der Waals surface area contributed by atoms with Crippen LogP contribution in [0.25, 0.3) is 0 Å². The summed E-state index contributed by atoms with van der Waals surface area (Å²) >= 11 is -2.06. The Morgan fingerprint density at radius 1 is 0.733 bits per heavy atom. The van der Waals surface area contributed by atoms with Crippen LogP contribution < -0.4 is 0 Å². The molecule has 0 saturated heterocycles. The van der Waals surface area contributed by atoms with Crippen molar-refractivity contribution >= 4 is 13.7 Å². The molecule has 88 valence electrons. The Kier molecular flexibility index (Phi) is 2.97. The summed E-state index contributed by atoms with van der Waals surface area (Å²) in [5, 5.41) is 0. The summed E-state index contributed by atoms with van der Waals surface area (Å²) in [6.45, 7) is 13.8. The minimum atomic E-state index is -2.06. The summed E-state index contributed by atoms with van der Waals surface area (Å²) in [4.78, 5) is 0. The van der Waals surface area contributed by atoms with Gasteiger partial charge in [0.15, 0.2) is 0 Å². The Balaban J connectivity index is 3.01. The molecule has 0 aliphatic carbocycles. The van der Waals surface area contributed by atoms with Crippen molar-refractivity contribution in [3.8, 4) is 0 Å². The Bertz CT molecular complexity index is 242. The van der Waals surface area contributed by atoms with E-state index >= 15 is 0 Å². The Morgan fingerprint density at radius 2 is 1.00 bits per heavy atom. The van der Waals surface area contributed by atoms with E-state index in [1.165, 1.54) is 0 Å². The zero-order valence-corrected chi connectivity index (χ0v) is 13.6. The molecule has 0 saturated carbocycles. The van der Waals surface area contributed by atoms with Gasteiger partial charge in [0, 0.05) is 0 Å². The number of hydrogen-bond donors (Lipinski definition) is 0. The van der Waals surface area contributed by atoms with Crippen LogP contribution in [0.3, 0.4) is 0 Å². The normalized spacial score (nSPS) is 21.3. The first kappa shape index (κ1) is 13.0. The Hall–Kier alpha value is -0.117. The average molecular weight is 271 g/mol. The standard InChI is InChI=1S/C12H26GeN2/c1-11(2,3)14-9-10-15(12(4,5)6)13(14,7)8/h9-10H,1-8H3. The van der Waals surface area contributed by atoms with Crippen molar-refractivity contribution in [3.05, 3.63) is 12.4 Å². The topological polar surface area (TPSA) is 6.48 Å². The van der Waals surface area contributed by atoms with Gasteiger partial charge in [-0.1, -0.05) is 0 Å². The van der Waals surface area contributed by atoms with Crippen LogP contribution in [-0.2, 0) is 0 Å². The molecule has 0 atom stereocenters. The molecule has 1 aliphatic heterocycles. The van der Waals surface area contributed by atoms with Gasteiger partial charge in [0.1, 0.15) is 0 Å². The van der Waals surface area contributed by atoms with Gasteiger partial charge in [-0.25, -0.2) is 0 Å². The van der Waals surface area contributed by atoms with Crippen LogP contribution in [0.5, 0.6) is 0 Å². The van der Waals surface area contributed by atoms with Crippen molar-refractivity contribution in [2.75, 3.05) is 0 Å². The molecule has 0 amide bonds. The monoisotopic (exact) mass is 272 g/mol. The van der Waals surface area contributed by atoms with E-state index in [-0.39, 0.29) is 11.1 Å². The molecule has 0 aromatic heterocycles. The molecule has 2 nitrogen and oxygen atoms in total. The predicted octanol–water partition coefficient (Wildman–Crippen LogP) is 3.37. The van der Waals surface area contributed by atoms with Gasteiger partial charge >= 0.3 is 98.0 Å². The fourth-order valence-electron chi connectivity index (χ4n) is 2.70. The van der Waals surface area contributed by atoms with Gasteiger partial charge in [0.05, 0.1) is 0 Å². The van der Waals surface area contributed by atoms with E-state index in [1.54, 1.807) is 0 Å². The summed E-state index contributed by atoms with van der Waals surface area (Å²) in [5.41, 5.74) is 0.500. The molecule has 0 unspecified atom stereocenters. The zero-order chi connectivity index (χ0) is 12.1. The van der Waals surface area contributed by atoms with Crippen molar-refractivity contribution in [1.82, 2.24) is 7.71 Å². The maximum absolute atomic E-state index is 2.61. The first-order valence-electron chi connectivity index (χ1n) is 5.74. The summed E-state index contributed by atoms with van der Waals surface area (Å²) in [6, 6.07) is 0. The van der Waals surface area contributed by atoms with E-state index < -0.39 is 13.7 Å². The van der Waals surface area contributed by atoms with Gasteiger partial charge in [-0.2, -0.15) is 0 Å². The number of rotatable bonds is 0. The molecular weight excluding hydrogens is 245 g/mol. The molecule has 1 heterocycles. The molecule has 0 fully saturated rings. The van der Waals surface area contributed by atoms with Crippen LogP contribution in [0.1, 0.15) is 41.5 Å². The van der Waals surface area contributed by atoms with E-state index in [2.05, 4.69) is 73.2 Å². The molecule has 0 spiro atoms. The Labute approximate surface area is 98.1 Å². The van der Waals surface area contributed by atoms with Crippen molar-refractivity contribution < 1.29 is 0 Å². The molecular formula is C12H26GeN2. The van der Waals surface area contributed by atoms with Crippen LogP contribution >= 0.6 is 0 Å². The molecule has 15 heavy (non-hydrogen) atoms. The second-order valence-electron chi connectivity index (χ2n) is 6.87. The summed E-state index contributed by atoms with van der Waals surface area (Å²) in [6.07, 6.45) is 4.59. The minimum absolute atomic E-state index is 0.250. The van der Waals surface area contributed by atoms with Crippen molar-refractivity contribution in [2.45, 2.75) is 64.1 Å². The van der Waals surface area contributed by atoms with Gasteiger partial charge in [-0.05, 0) is 0 Å². The third-order valence-corrected chi connectivity index (χ3v) is 11.4. The first-order chi connectivity index (χ1) is 6.47. The van der Waals surface area contributed by atoms with Crippen LogP contribution in [0, 0.1) is 0 Å². The molecule has 3 heteroatoms. The Morgan fingerprint density at radius 3 is 1.13 bits per heavy atom. The van der Waals surface area contributed by atoms with E-state index in [0.717, 1.165) is 0 Å². The van der Waals surface area contributed by atoms with Crippen LogP contribution in [0.15, 0.2) is 12.4 Å². The third-order valence-electron chi connectivity index (χ3n) is 2.99. The van der Waals surface area contributed by atoms with E-state index in [4.69, 9.17) is 0 Å². The fraction of sp³-hybridized carbons (Fsp3) is 0.833. The van der Waals surface area contributed by atoms with Crippen LogP contribution in [0.4, 0.5) is 0 Å². The van der Waals surface area contributed by atoms with Crippen LogP contribution in [0.2, 0.25) is 11.5 Å². The summed E-state index contributed by atoms with van der Waals surface area (Å²) in [5.74, 6) is 4.94. The van der Waals surface area contributed by atoms with Gasteiger partial charge in [-0.3, -0.25) is 0 Å². The van der Waals surface area contributed by atoms with Crippen molar-refractivity contribution in [1.29, 1.82) is 0 Å². The molecule has 1 aliphatic rings. The second-order valence-corrected chi connectivity index (χ2v) is 15.2. The van der Waals surface area contributed by atoms with E-state index in [1.807, 2.05) is 0 Å². The van der Waals surface area contributed by atoms with Gasteiger partial charge in [0.25, 0.3) is 0 Å². The van der Waals surface area contributed by atoms with Crippen molar-refractivity contribution in [2.24, 2.45) is 0 Å². The molecule has 0 bridgehead atoms. The number of nitrogens with zero attached hydrogens (tertiary/aromatic N) is 2. The average Bonchev–Trinajstić information content (AvgIpc) is 2.21. The van der Waals surface area contributed by atoms with E-state index in [9.17, 15) is 0 Å². The van der Waals surface area contributed by atoms with Gasteiger partial charge in [-0.15, -0.1) is 0 Å². The first-order valence-corrected chi connectivity index (χ1v) is 11.8. The summed E-state index contributed by atoms with van der Waals surface area (Å²) < 4.78 is 5.22. The SMILES string of the molecule is CC(C)(C)[N]1C=C[N](C(C)(C)C)[Ge]1([CH3])[CH3]. The fourth-order valence-corrected chi connectivity index (χ4v) is 11.9. The van der Waals surface area contributed by atoms with Crippen molar-refractivity contribution in [3.63, 3.8) is 0 Å². The van der Waals surface area contributed by atoms with E-state index in [0.29, 0.717) is 0 Å². The zero-order valence-electron chi connectivity index (χ0n) is 11.5. The summed E-state index contributed by atoms with van der Waals surface area (Å²) in [7, 11) is 0. The van der Waals surface area contributed by atoms with Crippen LogP contribution in [-0.4, -0.2) is 32.5 Å².